The Bertz CT molecular complexity index is 322. The Balaban J connectivity index is 3.01. The van der Waals surface area contributed by atoms with Crippen molar-refractivity contribution in [1.82, 2.24) is 4.98 Å². The second-order valence-corrected chi connectivity index (χ2v) is 3.94. The van der Waals surface area contributed by atoms with Crippen LogP contribution in [0.1, 0.15) is 33.2 Å². The quantitative estimate of drug-likeness (QED) is 0.769. The maximum atomic E-state index is 10.7. The number of aromatic carboxylic acids is 1. The van der Waals surface area contributed by atoms with Crippen LogP contribution in [0.5, 0.6) is 0 Å². The summed E-state index contributed by atoms with van der Waals surface area (Å²) in [4.78, 5) is 15.2. The molecular weight excluding hydrogens is 188 g/mol. The van der Waals surface area contributed by atoms with Gasteiger partial charge in [0, 0.05) is 12.5 Å². The van der Waals surface area contributed by atoms with Gasteiger partial charge in [0.1, 0.15) is 4.88 Å². The van der Waals surface area contributed by atoms with E-state index >= 15 is 0 Å². The Kier molecular flexibility index (Phi) is 3.00. The summed E-state index contributed by atoms with van der Waals surface area (Å²) >= 11 is 1.21. The second kappa shape index (κ2) is 3.85. The molecular formula is C8H12N2O2S. The highest BCUT2D eigenvalue weighted by Crippen LogP contribution is 2.23. The molecule has 0 fully saturated rings. The average molecular weight is 200 g/mol. The molecule has 0 radical (unpaired) electrons. The fourth-order valence-corrected chi connectivity index (χ4v) is 1.90. The molecule has 5 heteroatoms. The van der Waals surface area contributed by atoms with Crippen LogP contribution in [-0.4, -0.2) is 22.6 Å². The molecule has 1 aromatic heterocycles. The van der Waals surface area contributed by atoms with Gasteiger partial charge in [0.05, 0.1) is 10.7 Å². The summed E-state index contributed by atoms with van der Waals surface area (Å²) < 4.78 is 0. The standard InChI is InChI=1S/C8H12N2O2S/c1-4(3-9)7-10-5(2)6(13-7)8(11)12/h4H,3,9H2,1-2H3,(H,11,12). The van der Waals surface area contributed by atoms with Crippen LogP contribution in [0.25, 0.3) is 0 Å². The molecule has 0 aliphatic carbocycles. The first-order valence-electron chi connectivity index (χ1n) is 3.97. The molecule has 0 aromatic carbocycles. The maximum Gasteiger partial charge on any atom is 0.347 e. The van der Waals surface area contributed by atoms with Gasteiger partial charge in [-0.25, -0.2) is 9.78 Å². The lowest BCUT2D eigenvalue weighted by Gasteiger charge is -2.01. The van der Waals surface area contributed by atoms with Gasteiger partial charge in [0.25, 0.3) is 0 Å². The highest BCUT2D eigenvalue weighted by molar-refractivity contribution is 7.13. The molecule has 1 aromatic rings. The van der Waals surface area contributed by atoms with Crippen molar-refractivity contribution in [3.8, 4) is 0 Å². The van der Waals surface area contributed by atoms with Gasteiger partial charge in [-0.05, 0) is 6.92 Å². The normalized spacial score (nSPS) is 12.8. The van der Waals surface area contributed by atoms with Crippen molar-refractivity contribution in [3.63, 3.8) is 0 Å². The van der Waals surface area contributed by atoms with Crippen LogP contribution in [0.4, 0.5) is 0 Å². The van der Waals surface area contributed by atoms with E-state index in [4.69, 9.17) is 10.8 Å². The molecule has 0 aliphatic rings. The van der Waals surface area contributed by atoms with Gasteiger partial charge in [-0.15, -0.1) is 11.3 Å². The number of hydrogen-bond donors (Lipinski definition) is 2. The van der Waals surface area contributed by atoms with Crippen LogP contribution in [0.2, 0.25) is 0 Å². The summed E-state index contributed by atoms with van der Waals surface area (Å²) in [6.45, 7) is 4.13. The van der Waals surface area contributed by atoms with Crippen LogP contribution in [-0.2, 0) is 0 Å². The van der Waals surface area contributed by atoms with Crippen LogP contribution >= 0.6 is 11.3 Å². The van der Waals surface area contributed by atoms with E-state index in [0.717, 1.165) is 5.01 Å². The van der Waals surface area contributed by atoms with E-state index in [-0.39, 0.29) is 5.92 Å². The molecule has 0 saturated carbocycles. The zero-order valence-corrected chi connectivity index (χ0v) is 8.39. The van der Waals surface area contributed by atoms with Crippen molar-refractivity contribution in [2.45, 2.75) is 19.8 Å². The van der Waals surface area contributed by atoms with Crippen molar-refractivity contribution in [2.24, 2.45) is 5.73 Å². The van der Waals surface area contributed by atoms with Crippen LogP contribution < -0.4 is 5.73 Å². The topological polar surface area (TPSA) is 76.2 Å². The van der Waals surface area contributed by atoms with E-state index in [2.05, 4.69) is 4.98 Å². The zero-order valence-electron chi connectivity index (χ0n) is 7.57. The molecule has 4 nitrogen and oxygen atoms in total. The van der Waals surface area contributed by atoms with E-state index in [0.29, 0.717) is 17.1 Å². The second-order valence-electron chi connectivity index (χ2n) is 2.91. The smallest absolute Gasteiger partial charge is 0.347 e. The zero-order chi connectivity index (χ0) is 10.0. The van der Waals surface area contributed by atoms with Crippen LogP contribution in [0.15, 0.2) is 0 Å². The first-order chi connectivity index (χ1) is 6.06. The maximum absolute atomic E-state index is 10.7. The molecule has 0 spiro atoms. The van der Waals surface area contributed by atoms with Gasteiger partial charge in [-0.2, -0.15) is 0 Å². The van der Waals surface area contributed by atoms with Gasteiger partial charge < -0.3 is 10.8 Å². The lowest BCUT2D eigenvalue weighted by molar-refractivity contribution is 0.0701. The van der Waals surface area contributed by atoms with Crippen LogP contribution in [0.3, 0.4) is 0 Å². The minimum absolute atomic E-state index is 0.136. The third-order valence-corrected chi connectivity index (χ3v) is 3.16. The molecule has 1 heterocycles. The molecule has 13 heavy (non-hydrogen) atoms. The summed E-state index contributed by atoms with van der Waals surface area (Å²) in [5.74, 6) is -0.776. The first kappa shape index (κ1) is 10.1. The number of nitrogens with two attached hydrogens (primary N) is 1. The number of thiazole rings is 1. The van der Waals surface area contributed by atoms with Gasteiger partial charge >= 0.3 is 5.97 Å². The molecule has 1 rings (SSSR count). The number of hydrogen-bond acceptors (Lipinski definition) is 4. The van der Waals surface area contributed by atoms with Crippen molar-refractivity contribution in [2.75, 3.05) is 6.54 Å². The first-order valence-corrected chi connectivity index (χ1v) is 4.78. The highest BCUT2D eigenvalue weighted by Gasteiger charge is 2.16. The summed E-state index contributed by atoms with van der Waals surface area (Å²) in [5, 5.41) is 9.58. The van der Waals surface area contributed by atoms with Crippen LogP contribution in [0, 0.1) is 6.92 Å². The minimum atomic E-state index is -0.912. The third kappa shape index (κ3) is 2.05. The number of carbonyl (C=O) groups is 1. The van der Waals surface area contributed by atoms with Gasteiger partial charge in [-0.3, -0.25) is 0 Å². The predicted octanol–water partition coefficient (Wildman–Crippen LogP) is 1.21. The monoisotopic (exact) mass is 200 g/mol. The van der Waals surface area contributed by atoms with E-state index in [1.807, 2.05) is 6.92 Å². The number of rotatable bonds is 3. The summed E-state index contributed by atoms with van der Waals surface area (Å²) in [5.41, 5.74) is 6.04. The molecule has 72 valence electrons. The van der Waals surface area contributed by atoms with Gasteiger partial charge in [0.15, 0.2) is 0 Å². The van der Waals surface area contributed by atoms with Gasteiger partial charge in [0.2, 0.25) is 0 Å². The minimum Gasteiger partial charge on any atom is -0.477 e. The fraction of sp³-hybridized carbons (Fsp3) is 0.500. The molecule has 0 aliphatic heterocycles. The summed E-state index contributed by atoms with van der Waals surface area (Å²) in [6, 6.07) is 0. The molecule has 1 atom stereocenters. The summed E-state index contributed by atoms with van der Waals surface area (Å²) in [7, 11) is 0. The van der Waals surface area contributed by atoms with E-state index in [1.54, 1.807) is 6.92 Å². The number of carboxylic acid groups (broad SMARTS) is 1. The van der Waals surface area contributed by atoms with Crippen molar-refractivity contribution in [1.29, 1.82) is 0 Å². The SMILES string of the molecule is Cc1nc(C(C)CN)sc1C(=O)O. The Hall–Kier alpha value is -0.940. The van der Waals surface area contributed by atoms with E-state index < -0.39 is 5.97 Å². The molecule has 0 bridgehead atoms. The average Bonchev–Trinajstić information content (AvgIpc) is 2.46. The predicted molar refractivity (Wildman–Crippen MR) is 51.3 cm³/mol. The van der Waals surface area contributed by atoms with Crippen molar-refractivity contribution in [3.05, 3.63) is 15.6 Å². The Morgan fingerprint density at radius 2 is 2.38 bits per heavy atom. The Labute approximate surface area is 80.4 Å². The summed E-state index contributed by atoms with van der Waals surface area (Å²) in [6.07, 6.45) is 0. The number of carboxylic acids is 1. The highest BCUT2D eigenvalue weighted by atomic mass is 32.1. The van der Waals surface area contributed by atoms with E-state index in [1.165, 1.54) is 11.3 Å². The fourth-order valence-electron chi connectivity index (χ4n) is 0.927. The number of nitrogens with zero attached hydrogens (tertiary/aromatic N) is 1. The molecule has 0 saturated heterocycles. The van der Waals surface area contributed by atoms with Crippen molar-refractivity contribution < 1.29 is 9.90 Å². The van der Waals surface area contributed by atoms with Gasteiger partial charge in [-0.1, -0.05) is 6.92 Å². The van der Waals surface area contributed by atoms with Crippen molar-refractivity contribution >= 4 is 17.3 Å². The molecule has 3 N–H and O–H groups in total. The molecule has 1 unspecified atom stereocenters. The largest absolute Gasteiger partial charge is 0.477 e. The number of aryl methyl sites for hydroxylation is 1. The van der Waals surface area contributed by atoms with E-state index in [9.17, 15) is 4.79 Å². The molecule has 0 amide bonds. The Morgan fingerprint density at radius 1 is 1.77 bits per heavy atom. The lowest BCUT2D eigenvalue weighted by atomic mass is 10.2. The Morgan fingerprint density at radius 3 is 2.77 bits per heavy atom. The lowest BCUT2D eigenvalue weighted by Crippen LogP contribution is -2.08. The number of aromatic nitrogens is 1. The third-order valence-electron chi connectivity index (χ3n) is 1.78.